The Kier molecular flexibility index (Phi) is 4.66. The van der Waals surface area contributed by atoms with Gasteiger partial charge in [0.2, 0.25) is 5.88 Å². The van der Waals surface area contributed by atoms with Crippen molar-refractivity contribution in [2.24, 2.45) is 0 Å². The maximum atomic E-state index is 13.9. The SMILES string of the molecule is OCCOc1cncc(N2CCC(c3c(F)cccc3F)C2)n1. The molecule has 1 aliphatic heterocycles. The van der Waals surface area contributed by atoms with E-state index in [1.807, 2.05) is 4.90 Å². The number of benzene rings is 1. The second-order valence-corrected chi connectivity index (χ2v) is 5.35. The maximum Gasteiger partial charge on any atom is 0.234 e. The van der Waals surface area contributed by atoms with E-state index < -0.39 is 11.6 Å². The third kappa shape index (κ3) is 3.39. The van der Waals surface area contributed by atoms with Gasteiger partial charge in [-0.25, -0.2) is 8.78 Å². The Hall–Kier alpha value is -2.28. The maximum absolute atomic E-state index is 13.9. The first kappa shape index (κ1) is 15.6. The summed E-state index contributed by atoms with van der Waals surface area (Å²) in [5, 5.41) is 8.77. The van der Waals surface area contributed by atoms with E-state index in [0.29, 0.717) is 31.2 Å². The van der Waals surface area contributed by atoms with Gasteiger partial charge in [-0.2, -0.15) is 4.98 Å². The molecule has 5 nitrogen and oxygen atoms in total. The molecular formula is C16H17F2N3O2. The normalized spacial score (nSPS) is 17.5. The van der Waals surface area contributed by atoms with Gasteiger partial charge in [0.25, 0.3) is 0 Å². The number of ether oxygens (including phenoxy) is 1. The van der Waals surface area contributed by atoms with Crippen LogP contribution in [0.2, 0.25) is 0 Å². The Morgan fingerprint density at radius 3 is 2.78 bits per heavy atom. The Morgan fingerprint density at radius 1 is 1.26 bits per heavy atom. The average molecular weight is 321 g/mol. The fourth-order valence-corrected chi connectivity index (χ4v) is 2.82. The highest BCUT2D eigenvalue weighted by Crippen LogP contribution is 2.33. The van der Waals surface area contributed by atoms with Crippen molar-refractivity contribution in [2.75, 3.05) is 31.2 Å². The van der Waals surface area contributed by atoms with Crippen LogP contribution in [-0.2, 0) is 0 Å². The number of aromatic nitrogens is 2. The van der Waals surface area contributed by atoms with Crippen molar-refractivity contribution in [1.82, 2.24) is 9.97 Å². The average Bonchev–Trinajstić information content (AvgIpc) is 3.03. The highest BCUT2D eigenvalue weighted by Gasteiger charge is 2.29. The molecule has 2 aromatic rings. The monoisotopic (exact) mass is 321 g/mol. The Labute approximate surface area is 132 Å². The van der Waals surface area contributed by atoms with E-state index in [-0.39, 0.29) is 24.7 Å². The molecule has 23 heavy (non-hydrogen) atoms. The number of anilines is 1. The number of rotatable bonds is 5. The van der Waals surface area contributed by atoms with Crippen LogP contribution in [0, 0.1) is 11.6 Å². The summed E-state index contributed by atoms with van der Waals surface area (Å²) in [7, 11) is 0. The van der Waals surface area contributed by atoms with E-state index in [9.17, 15) is 8.78 Å². The third-order valence-electron chi connectivity index (χ3n) is 3.86. The number of aliphatic hydroxyl groups is 1. The fourth-order valence-electron chi connectivity index (χ4n) is 2.82. The lowest BCUT2D eigenvalue weighted by molar-refractivity contribution is 0.196. The Balaban J connectivity index is 1.75. The Morgan fingerprint density at radius 2 is 2.04 bits per heavy atom. The van der Waals surface area contributed by atoms with Gasteiger partial charge in [-0.3, -0.25) is 4.98 Å². The molecule has 1 aliphatic rings. The smallest absolute Gasteiger partial charge is 0.234 e. The summed E-state index contributed by atoms with van der Waals surface area (Å²) < 4.78 is 33.0. The van der Waals surface area contributed by atoms with Crippen LogP contribution in [0.25, 0.3) is 0 Å². The summed E-state index contributed by atoms with van der Waals surface area (Å²) in [6.45, 7) is 1.14. The summed E-state index contributed by atoms with van der Waals surface area (Å²) in [5.74, 6) is -0.331. The lowest BCUT2D eigenvalue weighted by atomic mass is 9.97. The molecule has 0 saturated carbocycles. The fraction of sp³-hybridized carbons (Fsp3) is 0.375. The molecule has 1 fully saturated rings. The molecule has 1 unspecified atom stereocenters. The number of nitrogens with zero attached hydrogens (tertiary/aromatic N) is 3. The summed E-state index contributed by atoms with van der Waals surface area (Å²) in [5.41, 5.74) is 0.135. The standard InChI is InChI=1S/C16H17F2N3O2/c17-12-2-1-3-13(18)16(12)11-4-5-21(10-11)14-8-19-9-15(20-14)23-7-6-22/h1-3,8-9,11,22H,4-7,10H2. The quantitative estimate of drug-likeness (QED) is 0.914. The molecule has 122 valence electrons. The van der Waals surface area contributed by atoms with Crippen molar-refractivity contribution in [3.05, 3.63) is 47.8 Å². The lowest BCUT2D eigenvalue weighted by Gasteiger charge is -2.18. The molecule has 3 rings (SSSR count). The van der Waals surface area contributed by atoms with E-state index >= 15 is 0 Å². The van der Waals surface area contributed by atoms with Gasteiger partial charge in [-0.1, -0.05) is 6.07 Å². The summed E-state index contributed by atoms with van der Waals surface area (Å²) in [6.07, 6.45) is 3.69. The van der Waals surface area contributed by atoms with E-state index in [1.54, 1.807) is 6.20 Å². The molecule has 0 amide bonds. The van der Waals surface area contributed by atoms with Crippen LogP contribution < -0.4 is 9.64 Å². The summed E-state index contributed by atoms with van der Waals surface area (Å²) in [6, 6.07) is 3.93. The summed E-state index contributed by atoms with van der Waals surface area (Å²) in [4.78, 5) is 10.3. The molecule has 0 spiro atoms. The lowest BCUT2D eigenvalue weighted by Crippen LogP contribution is -2.21. The molecule has 2 heterocycles. The van der Waals surface area contributed by atoms with Crippen molar-refractivity contribution in [3.63, 3.8) is 0 Å². The molecule has 1 aromatic heterocycles. The molecule has 0 aliphatic carbocycles. The number of hydrogen-bond acceptors (Lipinski definition) is 5. The van der Waals surface area contributed by atoms with Crippen molar-refractivity contribution in [1.29, 1.82) is 0 Å². The molecular weight excluding hydrogens is 304 g/mol. The first-order valence-electron chi connectivity index (χ1n) is 7.43. The molecule has 1 aromatic carbocycles. The molecule has 0 bridgehead atoms. The number of hydrogen-bond donors (Lipinski definition) is 1. The second-order valence-electron chi connectivity index (χ2n) is 5.35. The van der Waals surface area contributed by atoms with Crippen molar-refractivity contribution >= 4 is 5.82 Å². The van der Waals surface area contributed by atoms with Crippen molar-refractivity contribution < 1.29 is 18.6 Å². The van der Waals surface area contributed by atoms with Gasteiger partial charge in [0, 0.05) is 24.6 Å². The van der Waals surface area contributed by atoms with Gasteiger partial charge in [0.1, 0.15) is 18.2 Å². The van der Waals surface area contributed by atoms with Crippen molar-refractivity contribution in [3.8, 4) is 5.88 Å². The zero-order chi connectivity index (χ0) is 16.2. The van der Waals surface area contributed by atoms with Gasteiger partial charge in [-0.05, 0) is 18.6 Å². The van der Waals surface area contributed by atoms with Gasteiger partial charge in [-0.15, -0.1) is 0 Å². The van der Waals surface area contributed by atoms with Crippen LogP contribution in [-0.4, -0.2) is 41.4 Å². The minimum atomic E-state index is -0.511. The molecule has 7 heteroatoms. The highest BCUT2D eigenvalue weighted by molar-refractivity contribution is 5.41. The molecule has 1 atom stereocenters. The molecule has 0 radical (unpaired) electrons. The predicted octanol–water partition coefficient (Wildman–Crippen LogP) is 2.12. The number of halogens is 2. The summed E-state index contributed by atoms with van der Waals surface area (Å²) >= 11 is 0. The predicted molar refractivity (Wildman–Crippen MR) is 80.5 cm³/mol. The van der Waals surface area contributed by atoms with Gasteiger partial charge < -0.3 is 14.7 Å². The van der Waals surface area contributed by atoms with E-state index in [2.05, 4.69) is 9.97 Å². The van der Waals surface area contributed by atoms with Crippen LogP contribution in [0.4, 0.5) is 14.6 Å². The highest BCUT2D eigenvalue weighted by atomic mass is 19.1. The number of aliphatic hydroxyl groups excluding tert-OH is 1. The first-order chi connectivity index (χ1) is 11.2. The van der Waals surface area contributed by atoms with Gasteiger partial charge in [0.05, 0.1) is 19.0 Å². The first-order valence-corrected chi connectivity index (χ1v) is 7.43. The second kappa shape index (κ2) is 6.87. The van der Waals surface area contributed by atoms with E-state index in [1.165, 1.54) is 24.4 Å². The van der Waals surface area contributed by atoms with E-state index in [0.717, 1.165) is 0 Å². The topological polar surface area (TPSA) is 58.5 Å². The van der Waals surface area contributed by atoms with Crippen LogP contribution in [0.1, 0.15) is 17.9 Å². The van der Waals surface area contributed by atoms with Crippen LogP contribution in [0.5, 0.6) is 5.88 Å². The Bertz CT molecular complexity index is 664. The van der Waals surface area contributed by atoms with E-state index in [4.69, 9.17) is 9.84 Å². The molecule has 1 saturated heterocycles. The minimum absolute atomic E-state index is 0.107. The van der Waals surface area contributed by atoms with Crippen LogP contribution >= 0.6 is 0 Å². The third-order valence-corrected chi connectivity index (χ3v) is 3.86. The van der Waals surface area contributed by atoms with Crippen LogP contribution in [0.15, 0.2) is 30.6 Å². The van der Waals surface area contributed by atoms with Gasteiger partial charge in [0.15, 0.2) is 5.82 Å². The largest absolute Gasteiger partial charge is 0.474 e. The van der Waals surface area contributed by atoms with Gasteiger partial charge >= 0.3 is 0 Å². The van der Waals surface area contributed by atoms with Crippen LogP contribution in [0.3, 0.4) is 0 Å². The zero-order valence-electron chi connectivity index (χ0n) is 12.5. The minimum Gasteiger partial charge on any atom is -0.474 e. The van der Waals surface area contributed by atoms with Crippen molar-refractivity contribution in [2.45, 2.75) is 12.3 Å². The molecule has 1 N–H and O–H groups in total. The zero-order valence-corrected chi connectivity index (χ0v) is 12.5.